The second kappa shape index (κ2) is 7.57. The van der Waals surface area contributed by atoms with Gasteiger partial charge in [0.25, 0.3) is 15.9 Å². The smallest absolute Gasteiger partial charge is 0.261 e. The third kappa shape index (κ3) is 3.68. The van der Waals surface area contributed by atoms with E-state index in [1.165, 1.54) is 36.4 Å². The highest BCUT2D eigenvalue weighted by atomic mass is 32.2. The zero-order valence-electron chi connectivity index (χ0n) is 16.6. The first-order chi connectivity index (χ1) is 14.3. The maximum atomic E-state index is 13.4. The van der Waals surface area contributed by atoms with Gasteiger partial charge in [0.2, 0.25) is 0 Å². The van der Waals surface area contributed by atoms with Crippen LogP contribution in [0.5, 0.6) is 0 Å². The van der Waals surface area contributed by atoms with Crippen LogP contribution in [0.4, 0.5) is 15.8 Å². The Bertz CT molecular complexity index is 1220. The number of benzene rings is 3. The van der Waals surface area contributed by atoms with Crippen molar-refractivity contribution in [2.75, 3.05) is 9.62 Å². The molecule has 0 bridgehead atoms. The molecule has 5 nitrogen and oxygen atoms in total. The van der Waals surface area contributed by atoms with E-state index < -0.39 is 15.8 Å². The normalized spacial score (nSPS) is 15.7. The number of halogens is 1. The van der Waals surface area contributed by atoms with Gasteiger partial charge in [-0.25, -0.2) is 12.8 Å². The maximum absolute atomic E-state index is 13.4. The van der Waals surface area contributed by atoms with Gasteiger partial charge in [0.15, 0.2) is 0 Å². The van der Waals surface area contributed by atoms with E-state index in [1.54, 1.807) is 17.9 Å². The van der Waals surface area contributed by atoms with Crippen molar-refractivity contribution >= 4 is 27.3 Å². The standard InChI is InChI=1S/C23H21FN2O3S/c1-15-7-12-20(30(28,29)25-19-10-8-18(24)9-11-19)14-21(15)23(27)26-16(2)13-17-5-3-4-6-22(17)26/h3-12,14,16,25H,13H2,1-2H3/t16-/m0/s1. The first kappa shape index (κ1) is 20.1. The van der Waals surface area contributed by atoms with Crippen LogP contribution in [0.1, 0.15) is 28.4 Å². The molecule has 0 aliphatic carbocycles. The third-order valence-corrected chi connectivity index (χ3v) is 6.65. The van der Waals surface area contributed by atoms with Crippen molar-refractivity contribution in [2.45, 2.75) is 31.2 Å². The van der Waals surface area contributed by atoms with Gasteiger partial charge in [-0.05, 0) is 73.9 Å². The first-order valence-corrected chi connectivity index (χ1v) is 11.0. The summed E-state index contributed by atoms with van der Waals surface area (Å²) >= 11 is 0. The van der Waals surface area contributed by atoms with Gasteiger partial charge in [0, 0.05) is 23.0 Å². The molecule has 1 aliphatic rings. The van der Waals surface area contributed by atoms with Crippen LogP contribution >= 0.6 is 0 Å². The van der Waals surface area contributed by atoms with E-state index in [1.807, 2.05) is 31.2 Å². The molecule has 3 aromatic carbocycles. The van der Waals surface area contributed by atoms with Gasteiger partial charge in [0.1, 0.15) is 5.82 Å². The van der Waals surface area contributed by atoms with Crippen molar-refractivity contribution in [3.05, 3.63) is 89.2 Å². The molecule has 0 saturated carbocycles. The largest absolute Gasteiger partial charge is 0.305 e. The predicted octanol–water partition coefficient (Wildman–Crippen LogP) is 4.53. The van der Waals surface area contributed by atoms with Crippen molar-refractivity contribution in [2.24, 2.45) is 0 Å². The monoisotopic (exact) mass is 424 g/mol. The summed E-state index contributed by atoms with van der Waals surface area (Å²) in [5, 5.41) is 0. The number of fused-ring (bicyclic) bond motifs is 1. The van der Waals surface area contributed by atoms with Gasteiger partial charge >= 0.3 is 0 Å². The lowest BCUT2D eigenvalue weighted by molar-refractivity contribution is 0.0980. The number of aryl methyl sites for hydroxylation is 1. The number of anilines is 2. The Kier molecular flexibility index (Phi) is 5.07. The molecule has 7 heteroatoms. The molecule has 1 N–H and O–H groups in total. The topological polar surface area (TPSA) is 66.5 Å². The minimum atomic E-state index is -3.94. The van der Waals surface area contributed by atoms with E-state index in [9.17, 15) is 17.6 Å². The van der Waals surface area contributed by atoms with Crippen LogP contribution in [0.15, 0.2) is 71.6 Å². The fourth-order valence-electron chi connectivity index (χ4n) is 3.74. The van der Waals surface area contributed by atoms with Gasteiger partial charge in [0.05, 0.1) is 4.90 Å². The predicted molar refractivity (Wildman–Crippen MR) is 115 cm³/mol. The molecular weight excluding hydrogens is 403 g/mol. The van der Waals surface area contributed by atoms with Crippen LogP contribution in [0, 0.1) is 12.7 Å². The second-order valence-corrected chi connectivity index (χ2v) is 9.13. The lowest BCUT2D eigenvalue weighted by atomic mass is 10.1. The summed E-state index contributed by atoms with van der Waals surface area (Å²) in [7, 11) is -3.94. The highest BCUT2D eigenvalue weighted by Crippen LogP contribution is 2.34. The minimum Gasteiger partial charge on any atom is -0.305 e. The van der Waals surface area contributed by atoms with Crippen molar-refractivity contribution in [3.63, 3.8) is 0 Å². The van der Waals surface area contributed by atoms with E-state index in [0.717, 1.165) is 17.7 Å². The van der Waals surface area contributed by atoms with Crippen molar-refractivity contribution < 1.29 is 17.6 Å². The lowest BCUT2D eigenvalue weighted by Gasteiger charge is -2.24. The minimum absolute atomic E-state index is 0.0214. The number of nitrogens with zero attached hydrogens (tertiary/aromatic N) is 1. The van der Waals surface area contributed by atoms with E-state index in [4.69, 9.17) is 0 Å². The summed E-state index contributed by atoms with van der Waals surface area (Å²) in [6, 6.07) is 17.2. The zero-order chi connectivity index (χ0) is 21.5. The molecule has 0 saturated heterocycles. The Morgan fingerprint density at radius 1 is 1.07 bits per heavy atom. The van der Waals surface area contributed by atoms with Crippen molar-refractivity contribution in [3.8, 4) is 0 Å². The van der Waals surface area contributed by atoms with Crippen LogP contribution < -0.4 is 9.62 Å². The molecule has 30 heavy (non-hydrogen) atoms. The Balaban J connectivity index is 1.68. The number of amides is 1. The number of nitrogens with one attached hydrogen (secondary N) is 1. The van der Waals surface area contributed by atoms with Gasteiger partial charge in [-0.2, -0.15) is 0 Å². The van der Waals surface area contributed by atoms with Crippen molar-refractivity contribution in [1.29, 1.82) is 0 Å². The van der Waals surface area contributed by atoms with E-state index >= 15 is 0 Å². The molecule has 0 unspecified atom stereocenters. The molecule has 0 spiro atoms. The summed E-state index contributed by atoms with van der Waals surface area (Å²) in [6.07, 6.45) is 0.755. The maximum Gasteiger partial charge on any atom is 0.261 e. The van der Waals surface area contributed by atoms with Crippen molar-refractivity contribution in [1.82, 2.24) is 0 Å². The van der Waals surface area contributed by atoms with Crippen LogP contribution in [-0.4, -0.2) is 20.4 Å². The SMILES string of the molecule is Cc1ccc(S(=O)(=O)Nc2ccc(F)cc2)cc1C(=O)N1c2ccccc2C[C@@H]1C. The average molecular weight is 424 g/mol. The number of hydrogen-bond acceptors (Lipinski definition) is 3. The van der Waals surface area contributed by atoms with Crippen LogP contribution in [0.3, 0.4) is 0 Å². The fraction of sp³-hybridized carbons (Fsp3) is 0.174. The summed E-state index contributed by atoms with van der Waals surface area (Å²) in [6.45, 7) is 3.76. The van der Waals surface area contributed by atoms with Gasteiger partial charge < -0.3 is 4.90 Å². The Hall–Kier alpha value is -3.19. The Morgan fingerprint density at radius 2 is 1.77 bits per heavy atom. The van der Waals surface area contributed by atoms with Crippen LogP contribution in [0.25, 0.3) is 0 Å². The molecule has 0 fully saturated rings. The van der Waals surface area contributed by atoms with E-state index in [-0.39, 0.29) is 22.5 Å². The number of carbonyl (C=O) groups is 1. The lowest BCUT2D eigenvalue weighted by Crippen LogP contribution is -2.36. The Morgan fingerprint density at radius 3 is 2.50 bits per heavy atom. The number of sulfonamides is 1. The zero-order valence-corrected chi connectivity index (χ0v) is 17.4. The van der Waals surface area contributed by atoms with Crippen LogP contribution in [0.2, 0.25) is 0 Å². The van der Waals surface area contributed by atoms with Crippen LogP contribution in [-0.2, 0) is 16.4 Å². The molecule has 1 atom stereocenters. The molecule has 0 aromatic heterocycles. The molecule has 1 amide bonds. The number of carbonyl (C=O) groups excluding carboxylic acids is 1. The Labute approximate surface area is 175 Å². The average Bonchev–Trinajstić information content (AvgIpc) is 3.05. The fourth-order valence-corrected chi connectivity index (χ4v) is 4.82. The highest BCUT2D eigenvalue weighted by molar-refractivity contribution is 7.92. The van der Waals surface area contributed by atoms with Gasteiger partial charge in [-0.15, -0.1) is 0 Å². The van der Waals surface area contributed by atoms with Gasteiger partial charge in [-0.3, -0.25) is 9.52 Å². The summed E-state index contributed by atoms with van der Waals surface area (Å²) in [4.78, 5) is 15.1. The molecule has 4 rings (SSSR count). The third-order valence-electron chi connectivity index (χ3n) is 5.27. The number of rotatable bonds is 4. The molecule has 1 aliphatic heterocycles. The quantitative estimate of drug-likeness (QED) is 0.669. The molecule has 154 valence electrons. The highest BCUT2D eigenvalue weighted by Gasteiger charge is 2.32. The molecule has 3 aromatic rings. The van der Waals surface area contributed by atoms with Gasteiger partial charge in [-0.1, -0.05) is 24.3 Å². The molecular formula is C23H21FN2O3S. The number of hydrogen-bond donors (Lipinski definition) is 1. The van der Waals surface area contributed by atoms with E-state index in [2.05, 4.69) is 4.72 Å². The first-order valence-electron chi connectivity index (χ1n) is 9.57. The second-order valence-electron chi connectivity index (χ2n) is 7.45. The number of para-hydroxylation sites is 1. The summed E-state index contributed by atoms with van der Waals surface area (Å²) in [5.74, 6) is -0.690. The van der Waals surface area contributed by atoms with E-state index in [0.29, 0.717) is 11.1 Å². The summed E-state index contributed by atoms with van der Waals surface area (Å²) < 4.78 is 41.2. The molecule has 0 radical (unpaired) electrons. The summed E-state index contributed by atoms with van der Waals surface area (Å²) in [5.41, 5.74) is 3.22. The molecule has 1 heterocycles.